The SMILES string of the molecule is C=C1C(Nc2ccccc2)=CCC2CC3(CCC12c1ccccc1)OCCO3. The molecule has 2 fully saturated rings. The van der Waals surface area contributed by atoms with Gasteiger partial charge in [0.1, 0.15) is 0 Å². The fourth-order valence-electron chi connectivity index (χ4n) is 5.40. The van der Waals surface area contributed by atoms with Crippen LogP contribution >= 0.6 is 0 Å². The first-order valence-electron chi connectivity index (χ1n) is 10.3. The molecule has 0 amide bonds. The largest absolute Gasteiger partial charge is 0.356 e. The van der Waals surface area contributed by atoms with Crippen LogP contribution < -0.4 is 5.32 Å². The summed E-state index contributed by atoms with van der Waals surface area (Å²) in [5, 5.41) is 3.62. The molecule has 2 aromatic carbocycles. The Morgan fingerprint density at radius 1 is 0.893 bits per heavy atom. The fourth-order valence-corrected chi connectivity index (χ4v) is 5.40. The van der Waals surface area contributed by atoms with Crippen LogP contribution in [0.15, 0.2) is 84.6 Å². The van der Waals surface area contributed by atoms with Crippen LogP contribution in [0.3, 0.4) is 0 Å². The minimum absolute atomic E-state index is 0.0757. The second-order valence-electron chi connectivity index (χ2n) is 8.17. The van der Waals surface area contributed by atoms with Crippen molar-refractivity contribution in [2.75, 3.05) is 18.5 Å². The third-order valence-corrected chi connectivity index (χ3v) is 6.78. The summed E-state index contributed by atoms with van der Waals surface area (Å²) < 4.78 is 12.2. The van der Waals surface area contributed by atoms with Crippen molar-refractivity contribution in [1.29, 1.82) is 0 Å². The number of hydrogen-bond acceptors (Lipinski definition) is 3. The average molecular weight is 373 g/mol. The average Bonchev–Trinajstić information content (AvgIpc) is 3.20. The third-order valence-electron chi connectivity index (χ3n) is 6.78. The van der Waals surface area contributed by atoms with Gasteiger partial charge in [-0.15, -0.1) is 0 Å². The van der Waals surface area contributed by atoms with E-state index in [4.69, 9.17) is 9.47 Å². The Balaban J connectivity index is 1.53. The first-order valence-corrected chi connectivity index (χ1v) is 10.3. The molecule has 1 saturated heterocycles. The monoisotopic (exact) mass is 373 g/mol. The molecular weight excluding hydrogens is 346 g/mol. The standard InChI is InChI=1S/C25H27NO2/c1-19-23(26-22-10-6-3-7-11-22)13-12-21-18-24(27-16-17-28-24)14-15-25(19,21)20-8-4-2-5-9-20/h2-11,13,21,26H,1,12,14-18H2. The van der Waals surface area contributed by atoms with E-state index in [0.717, 1.165) is 37.1 Å². The maximum atomic E-state index is 6.08. The number of fused-ring (bicyclic) bond motifs is 1. The maximum absolute atomic E-state index is 6.08. The number of hydrogen-bond donors (Lipinski definition) is 1. The lowest BCUT2D eigenvalue weighted by Crippen LogP contribution is -2.51. The quantitative estimate of drug-likeness (QED) is 0.779. The molecule has 3 nitrogen and oxygen atoms in total. The summed E-state index contributed by atoms with van der Waals surface area (Å²) in [5.74, 6) is 0.0390. The molecule has 1 saturated carbocycles. The van der Waals surface area contributed by atoms with Crippen LogP contribution in [0.1, 0.15) is 31.2 Å². The molecule has 1 aliphatic heterocycles. The van der Waals surface area contributed by atoms with E-state index >= 15 is 0 Å². The Morgan fingerprint density at radius 2 is 1.57 bits per heavy atom. The molecule has 3 aliphatic rings. The summed E-state index contributed by atoms with van der Waals surface area (Å²) in [6, 6.07) is 21.3. The highest BCUT2D eigenvalue weighted by molar-refractivity contribution is 5.58. The van der Waals surface area contributed by atoms with Gasteiger partial charge in [-0.05, 0) is 42.0 Å². The highest BCUT2D eigenvalue weighted by atomic mass is 16.7. The Bertz CT molecular complexity index is 883. The highest BCUT2D eigenvalue weighted by Gasteiger charge is 2.55. The van der Waals surface area contributed by atoms with Gasteiger partial charge in [0.25, 0.3) is 0 Å². The van der Waals surface area contributed by atoms with Gasteiger partial charge in [-0.25, -0.2) is 0 Å². The first-order chi connectivity index (χ1) is 13.7. The molecule has 0 aromatic heterocycles. The second-order valence-corrected chi connectivity index (χ2v) is 8.17. The van der Waals surface area contributed by atoms with E-state index in [-0.39, 0.29) is 11.2 Å². The topological polar surface area (TPSA) is 30.5 Å². The van der Waals surface area contributed by atoms with Gasteiger partial charge in [-0.3, -0.25) is 0 Å². The zero-order valence-electron chi connectivity index (χ0n) is 16.2. The highest BCUT2D eigenvalue weighted by Crippen LogP contribution is 2.57. The van der Waals surface area contributed by atoms with Crippen LogP contribution in [-0.4, -0.2) is 19.0 Å². The molecule has 2 aliphatic carbocycles. The van der Waals surface area contributed by atoms with Gasteiger partial charge in [0.05, 0.1) is 13.2 Å². The normalized spacial score (nSPS) is 28.6. The third kappa shape index (κ3) is 2.81. The summed E-state index contributed by atoms with van der Waals surface area (Å²) in [6.07, 6.45) is 6.15. The molecule has 3 heteroatoms. The number of allylic oxidation sites excluding steroid dienone is 2. The summed E-state index contributed by atoms with van der Waals surface area (Å²) in [4.78, 5) is 0. The molecular formula is C25H27NO2. The van der Waals surface area contributed by atoms with Gasteiger partial charge < -0.3 is 14.8 Å². The Morgan fingerprint density at radius 3 is 2.29 bits per heavy atom. The predicted octanol–water partition coefficient (Wildman–Crippen LogP) is 5.42. The van der Waals surface area contributed by atoms with Gasteiger partial charge in [0, 0.05) is 29.6 Å². The van der Waals surface area contributed by atoms with Gasteiger partial charge >= 0.3 is 0 Å². The zero-order valence-corrected chi connectivity index (χ0v) is 16.2. The van der Waals surface area contributed by atoms with E-state index in [2.05, 4.69) is 72.6 Å². The van der Waals surface area contributed by atoms with Crippen molar-refractivity contribution in [3.05, 3.63) is 90.2 Å². The first kappa shape index (κ1) is 17.7. The zero-order chi connectivity index (χ0) is 19.0. The minimum Gasteiger partial charge on any atom is -0.356 e. The van der Waals surface area contributed by atoms with Crippen LogP contribution in [0.25, 0.3) is 0 Å². The summed E-state index contributed by atoms with van der Waals surface area (Å²) in [7, 11) is 0. The lowest BCUT2D eigenvalue weighted by Gasteiger charge is -2.53. The van der Waals surface area contributed by atoms with Crippen molar-refractivity contribution < 1.29 is 9.47 Å². The molecule has 1 spiro atoms. The fraction of sp³-hybridized carbons (Fsp3) is 0.360. The number of ether oxygens (including phenoxy) is 2. The van der Waals surface area contributed by atoms with E-state index in [0.29, 0.717) is 19.1 Å². The molecule has 2 aromatic rings. The summed E-state index contributed by atoms with van der Waals surface area (Å²) in [5.41, 5.74) is 4.72. The molecule has 1 heterocycles. The predicted molar refractivity (Wildman–Crippen MR) is 112 cm³/mol. The lowest BCUT2D eigenvalue weighted by atomic mass is 9.54. The molecule has 2 unspecified atom stereocenters. The van der Waals surface area contributed by atoms with Crippen LogP contribution in [0.2, 0.25) is 0 Å². The number of nitrogens with one attached hydrogen (secondary N) is 1. The van der Waals surface area contributed by atoms with E-state index in [9.17, 15) is 0 Å². The molecule has 1 N–H and O–H groups in total. The Labute approximate surface area is 167 Å². The second kappa shape index (κ2) is 6.91. The van der Waals surface area contributed by atoms with Gasteiger partial charge in [-0.1, -0.05) is 61.2 Å². The number of benzene rings is 2. The smallest absolute Gasteiger partial charge is 0.168 e. The van der Waals surface area contributed by atoms with E-state index in [1.807, 2.05) is 6.07 Å². The van der Waals surface area contributed by atoms with E-state index in [1.54, 1.807) is 0 Å². The Kier molecular flexibility index (Phi) is 4.37. The summed E-state index contributed by atoms with van der Waals surface area (Å²) in [6.45, 7) is 6.05. The maximum Gasteiger partial charge on any atom is 0.168 e. The van der Waals surface area contributed by atoms with E-state index in [1.165, 1.54) is 11.1 Å². The van der Waals surface area contributed by atoms with Crippen LogP contribution in [0, 0.1) is 5.92 Å². The number of anilines is 1. The molecule has 5 rings (SSSR count). The van der Waals surface area contributed by atoms with Crippen molar-refractivity contribution in [3.63, 3.8) is 0 Å². The number of para-hydroxylation sites is 1. The van der Waals surface area contributed by atoms with Crippen molar-refractivity contribution in [2.45, 2.75) is 36.9 Å². The summed E-state index contributed by atoms with van der Waals surface area (Å²) >= 11 is 0. The van der Waals surface area contributed by atoms with Crippen molar-refractivity contribution in [3.8, 4) is 0 Å². The van der Waals surface area contributed by atoms with Crippen molar-refractivity contribution >= 4 is 5.69 Å². The van der Waals surface area contributed by atoms with Crippen LogP contribution in [0.4, 0.5) is 5.69 Å². The van der Waals surface area contributed by atoms with Crippen molar-refractivity contribution in [1.82, 2.24) is 0 Å². The molecule has 28 heavy (non-hydrogen) atoms. The van der Waals surface area contributed by atoms with Gasteiger partial charge in [0.2, 0.25) is 0 Å². The van der Waals surface area contributed by atoms with Gasteiger partial charge in [0.15, 0.2) is 5.79 Å². The lowest BCUT2D eigenvalue weighted by molar-refractivity contribution is -0.196. The molecule has 144 valence electrons. The van der Waals surface area contributed by atoms with Crippen LogP contribution in [0.5, 0.6) is 0 Å². The Hall–Kier alpha value is -2.36. The molecule has 2 atom stereocenters. The van der Waals surface area contributed by atoms with Gasteiger partial charge in [-0.2, -0.15) is 0 Å². The van der Waals surface area contributed by atoms with Crippen molar-refractivity contribution in [2.24, 2.45) is 5.92 Å². The minimum atomic E-state index is -0.387. The molecule has 0 radical (unpaired) electrons. The van der Waals surface area contributed by atoms with E-state index < -0.39 is 0 Å². The number of rotatable bonds is 3. The van der Waals surface area contributed by atoms with Crippen LogP contribution in [-0.2, 0) is 14.9 Å². The molecule has 0 bridgehead atoms.